The summed E-state index contributed by atoms with van der Waals surface area (Å²) in [5.74, 6) is 0. The monoisotopic (exact) mass is 617 g/mol. The molecule has 5 heteroatoms. The molecule has 0 spiro atoms. The highest BCUT2D eigenvalue weighted by atomic mass is 32.2. The Hall–Kier alpha value is -2.86. The molecule has 0 aliphatic carbocycles. The largest absolute Gasteiger partial charge is 0.744 e. The molecule has 4 aromatic carbocycles. The Morgan fingerprint density at radius 2 is 0.860 bits per heavy atom. The maximum atomic E-state index is 10.3. The van der Waals surface area contributed by atoms with Crippen molar-refractivity contribution in [1.29, 1.82) is 0 Å². The highest BCUT2D eigenvalue weighted by Gasteiger charge is 1.99. The van der Waals surface area contributed by atoms with Gasteiger partial charge in [-0.2, -0.15) is 0 Å². The van der Waals surface area contributed by atoms with Crippen molar-refractivity contribution >= 4 is 21.9 Å². The standard InChI is InChI=1S/C19H16S.C13H28.C6H6O3S/c1-3-7-16(8-4-1)15-17-11-13-19(14-12-17)20-18-9-5-2-6-10-18;1-3-5-7-9-11-13-12-10-8-6-4-2;7-10(8,9)6-4-2-1-3-5-6/h1-14H,15H2;3-13H2,1-2H3;1-5H,(H,7,8,9)/p-1. The normalized spacial score (nSPS) is 10.7. The van der Waals surface area contributed by atoms with Gasteiger partial charge in [-0.3, -0.25) is 0 Å². The van der Waals surface area contributed by atoms with Gasteiger partial charge in [-0.1, -0.05) is 175 Å². The number of hydrogen-bond acceptors (Lipinski definition) is 4. The first-order chi connectivity index (χ1) is 20.9. The molecule has 0 radical (unpaired) electrons. The highest BCUT2D eigenvalue weighted by molar-refractivity contribution is 7.99. The van der Waals surface area contributed by atoms with Crippen molar-refractivity contribution < 1.29 is 13.0 Å². The lowest BCUT2D eigenvalue weighted by molar-refractivity contribution is 0.463. The van der Waals surface area contributed by atoms with Crippen molar-refractivity contribution in [3.05, 3.63) is 126 Å². The summed E-state index contributed by atoms with van der Waals surface area (Å²) in [6.45, 7) is 4.56. The molecule has 3 nitrogen and oxygen atoms in total. The number of hydrogen-bond donors (Lipinski definition) is 0. The van der Waals surface area contributed by atoms with Crippen molar-refractivity contribution in [2.75, 3.05) is 0 Å². The van der Waals surface area contributed by atoms with E-state index in [1.807, 2.05) is 6.07 Å². The zero-order chi connectivity index (χ0) is 31.0. The van der Waals surface area contributed by atoms with Gasteiger partial charge in [0.2, 0.25) is 0 Å². The predicted molar refractivity (Wildman–Crippen MR) is 183 cm³/mol. The van der Waals surface area contributed by atoms with Gasteiger partial charge in [-0.15, -0.1) is 0 Å². The van der Waals surface area contributed by atoms with E-state index >= 15 is 0 Å². The molecule has 0 aromatic heterocycles. The molecule has 0 unspecified atom stereocenters. The molecule has 0 fully saturated rings. The van der Waals surface area contributed by atoms with Gasteiger partial charge in [-0.25, -0.2) is 8.42 Å². The molecule has 0 amide bonds. The van der Waals surface area contributed by atoms with Crippen LogP contribution in [-0.4, -0.2) is 13.0 Å². The van der Waals surface area contributed by atoms with Gasteiger partial charge < -0.3 is 4.55 Å². The third kappa shape index (κ3) is 17.8. The summed E-state index contributed by atoms with van der Waals surface area (Å²) < 4.78 is 30.8. The van der Waals surface area contributed by atoms with Crippen molar-refractivity contribution in [2.45, 2.75) is 106 Å². The first-order valence-electron chi connectivity index (χ1n) is 15.8. The zero-order valence-electron chi connectivity index (χ0n) is 26.0. The molecule has 0 heterocycles. The molecule has 0 aliphatic rings. The van der Waals surface area contributed by atoms with E-state index in [0.717, 1.165) is 6.42 Å². The van der Waals surface area contributed by atoms with Gasteiger partial charge >= 0.3 is 0 Å². The number of benzene rings is 4. The van der Waals surface area contributed by atoms with Crippen molar-refractivity contribution in [3.63, 3.8) is 0 Å². The Morgan fingerprint density at radius 1 is 0.488 bits per heavy atom. The van der Waals surface area contributed by atoms with Crippen molar-refractivity contribution in [1.82, 2.24) is 0 Å². The molecule has 0 bridgehead atoms. The van der Waals surface area contributed by atoms with Crippen LogP contribution in [0.4, 0.5) is 0 Å². The van der Waals surface area contributed by atoms with E-state index < -0.39 is 10.1 Å². The van der Waals surface area contributed by atoms with E-state index in [-0.39, 0.29) is 4.90 Å². The first kappa shape index (κ1) is 36.3. The lowest BCUT2D eigenvalue weighted by Gasteiger charge is -2.04. The van der Waals surface area contributed by atoms with Crippen LogP contribution < -0.4 is 0 Å². The molecular formula is C38H49O3S2-. The Balaban J connectivity index is 0.000000243. The van der Waals surface area contributed by atoms with E-state index in [1.165, 1.54) is 116 Å². The molecule has 4 rings (SSSR count). The minimum absolute atomic E-state index is 0.185. The minimum atomic E-state index is -4.25. The molecular weight excluding hydrogens is 569 g/mol. The van der Waals surface area contributed by atoms with Gasteiger partial charge in [0.25, 0.3) is 0 Å². The van der Waals surface area contributed by atoms with Crippen LogP contribution >= 0.6 is 11.8 Å². The van der Waals surface area contributed by atoms with Crippen LogP contribution in [-0.2, 0) is 16.5 Å². The molecule has 0 saturated heterocycles. The summed E-state index contributed by atoms with van der Waals surface area (Å²) >= 11 is 1.80. The summed E-state index contributed by atoms with van der Waals surface area (Å²) in [4.78, 5) is 2.38. The van der Waals surface area contributed by atoms with Crippen LogP contribution in [0.3, 0.4) is 0 Å². The van der Waals surface area contributed by atoms with Gasteiger partial charge in [0.05, 0.1) is 4.90 Å². The molecule has 0 atom stereocenters. The number of rotatable bonds is 15. The third-order valence-corrected chi connectivity index (χ3v) is 8.76. The lowest BCUT2D eigenvalue weighted by atomic mass is 10.1. The van der Waals surface area contributed by atoms with E-state index in [0.29, 0.717) is 0 Å². The first-order valence-corrected chi connectivity index (χ1v) is 18.0. The average Bonchev–Trinajstić information content (AvgIpc) is 3.03. The van der Waals surface area contributed by atoms with Crippen LogP contribution in [0.15, 0.2) is 130 Å². The maximum absolute atomic E-state index is 10.3. The average molecular weight is 618 g/mol. The second-order valence-electron chi connectivity index (χ2n) is 10.7. The van der Waals surface area contributed by atoms with E-state index in [2.05, 4.69) is 92.7 Å². The fourth-order valence-corrected chi connectivity index (χ4v) is 5.78. The smallest absolute Gasteiger partial charge is 0.124 e. The molecule has 0 saturated carbocycles. The Kier molecular flexibility index (Phi) is 19.1. The molecule has 0 aliphatic heterocycles. The van der Waals surface area contributed by atoms with Crippen LogP contribution in [0.5, 0.6) is 0 Å². The number of unbranched alkanes of at least 4 members (excludes halogenated alkanes) is 10. The molecule has 232 valence electrons. The summed E-state index contributed by atoms with van der Waals surface area (Å²) in [6.07, 6.45) is 16.9. The maximum Gasteiger partial charge on any atom is 0.124 e. The van der Waals surface area contributed by atoms with Gasteiger partial charge in [0.1, 0.15) is 10.1 Å². The Morgan fingerprint density at radius 3 is 1.28 bits per heavy atom. The quantitative estimate of drug-likeness (QED) is 0.0983. The van der Waals surface area contributed by atoms with E-state index in [9.17, 15) is 13.0 Å². The van der Waals surface area contributed by atoms with Crippen LogP contribution in [0, 0.1) is 0 Å². The second-order valence-corrected chi connectivity index (χ2v) is 13.2. The third-order valence-electron chi connectivity index (χ3n) is 6.89. The van der Waals surface area contributed by atoms with Crippen molar-refractivity contribution in [2.24, 2.45) is 0 Å². The van der Waals surface area contributed by atoms with Crippen molar-refractivity contribution in [3.8, 4) is 0 Å². The topological polar surface area (TPSA) is 57.2 Å². The van der Waals surface area contributed by atoms with Gasteiger partial charge in [0.15, 0.2) is 0 Å². The Labute approximate surface area is 265 Å². The second kappa shape index (κ2) is 22.6. The van der Waals surface area contributed by atoms with Gasteiger partial charge in [0, 0.05) is 9.79 Å². The van der Waals surface area contributed by atoms with Crippen LogP contribution in [0.2, 0.25) is 0 Å². The lowest BCUT2D eigenvalue weighted by Crippen LogP contribution is -1.96. The fraction of sp³-hybridized carbons (Fsp3) is 0.368. The highest BCUT2D eigenvalue weighted by Crippen LogP contribution is 2.27. The SMILES string of the molecule is CCCCCCCCCCCCC.O=S(=O)([O-])c1ccccc1.c1ccc(Cc2ccc(Sc3ccccc3)cc2)cc1. The van der Waals surface area contributed by atoms with E-state index in [4.69, 9.17) is 0 Å². The summed E-state index contributed by atoms with van der Waals surface area (Å²) in [7, 11) is -4.25. The van der Waals surface area contributed by atoms with Crippen LogP contribution in [0.25, 0.3) is 0 Å². The summed E-state index contributed by atoms with van der Waals surface area (Å²) in [6, 6.07) is 37.1. The van der Waals surface area contributed by atoms with Gasteiger partial charge in [-0.05, 0) is 53.9 Å². The van der Waals surface area contributed by atoms with Crippen LogP contribution in [0.1, 0.15) is 95.6 Å². The predicted octanol–water partition coefficient (Wildman–Crippen LogP) is 11.3. The molecule has 4 aromatic rings. The molecule has 43 heavy (non-hydrogen) atoms. The summed E-state index contributed by atoms with van der Waals surface area (Å²) in [5.41, 5.74) is 2.71. The Bertz CT molecular complexity index is 1240. The summed E-state index contributed by atoms with van der Waals surface area (Å²) in [5, 5.41) is 0. The fourth-order valence-electron chi connectivity index (χ4n) is 4.46. The zero-order valence-corrected chi connectivity index (χ0v) is 27.6. The minimum Gasteiger partial charge on any atom is -0.744 e. The molecule has 0 N–H and O–H groups in total. The van der Waals surface area contributed by atoms with E-state index in [1.54, 1.807) is 17.8 Å².